The number of rotatable bonds is 6. The Kier molecular flexibility index (Phi) is 6.35. The molecule has 2 amide bonds. The lowest BCUT2D eigenvalue weighted by atomic mass is 9.99. The zero-order chi connectivity index (χ0) is 20.1. The lowest BCUT2D eigenvalue weighted by Crippen LogP contribution is -2.28. The van der Waals surface area contributed by atoms with Gasteiger partial charge in [0.25, 0.3) is 5.91 Å². The Labute approximate surface area is 176 Å². The van der Waals surface area contributed by atoms with Gasteiger partial charge in [0.15, 0.2) is 0 Å². The fourth-order valence-electron chi connectivity index (χ4n) is 3.84. The molecule has 0 spiro atoms. The van der Waals surface area contributed by atoms with E-state index in [4.69, 9.17) is 0 Å². The van der Waals surface area contributed by atoms with Crippen LogP contribution in [-0.2, 0) is 11.3 Å². The molecule has 1 heterocycles. The summed E-state index contributed by atoms with van der Waals surface area (Å²) in [4.78, 5) is 26.8. The van der Waals surface area contributed by atoms with E-state index >= 15 is 0 Å². The van der Waals surface area contributed by atoms with Crippen LogP contribution in [0, 0.1) is 0 Å². The second-order valence-electron chi connectivity index (χ2n) is 7.58. The number of nitrogens with zero attached hydrogens (tertiary/aromatic N) is 1. The summed E-state index contributed by atoms with van der Waals surface area (Å²) in [6.45, 7) is 1.24. The van der Waals surface area contributed by atoms with Crippen molar-refractivity contribution in [3.05, 3.63) is 82.9 Å². The molecule has 29 heavy (non-hydrogen) atoms. The molecule has 1 N–H and O–H groups in total. The van der Waals surface area contributed by atoms with Crippen molar-refractivity contribution in [2.24, 2.45) is 0 Å². The van der Waals surface area contributed by atoms with Crippen LogP contribution in [0.15, 0.2) is 66.2 Å². The maximum atomic E-state index is 12.5. The van der Waals surface area contributed by atoms with Gasteiger partial charge in [-0.2, -0.15) is 0 Å². The highest BCUT2D eigenvalue weighted by molar-refractivity contribution is 8.00. The molecule has 1 aliphatic carbocycles. The standard InChI is InChI=1S/C24H26N2O2S/c27-22-17-29-24(26(22)16-19-9-5-2-6-10-19)21-13-11-20(12-14-21)23(28)25-15-18-7-3-1-4-8-18/h2,5-7,9-14,24H,1,3-4,8,15-17H2,(H,25,28)/t24-/m1/s1. The van der Waals surface area contributed by atoms with Crippen molar-refractivity contribution >= 4 is 23.6 Å². The van der Waals surface area contributed by atoms with Gasteiger partial charge in [-0.25, -0.2) is 0 Å². The van der Waals surface area contributed by atoms with Gasteiger partial charge in [0.2, 0.25) is 5.91 Å². The smallest absolute Gasteiger partial charge is 0.251 e. The topological polar surface area (TPSA) is 49.4 Å². The van der Waals surface area contributed by atoms with Crippen molar-refractivity contribution in [3.63, 3.8) is 0 Å². The summed E-state index contributed by atoms with van der Waals surface area (Å²) in [6.07, 6.45) is 6.93. The highest BCUT2D eigenvalue weighted by Gasteiger charge is 2.32. The van der Waals surface area contributed by atoms with Gasteiger partial charge in [0.05, 0.1) is 5.75 Å². The minimum atomic E-state index is -0.0423. The normalized spacial score (nSPS) is 19.2. The molecule has 4 nitrogen and oxygen atoms in total. The fraction of sp³-hybridized carbons (Fsp3) is 0.333. The van der Waals surface area contributed by atoms with Gasteiger partial charge in [0, 0.05) is 18.7 Å². The Balaban J connectivity index is 1.40. The first-order chi connectivity index (χ1) is 14.2. The van der Waals surface area contributed by atoms with Crippen molar-refractivity contribution in [1.29, 1.82) is 0 Å². The Morgan fingerprint density at radius 2 is 1.86 bits per heavy atom. The Hall–Kier alpha value is -2.53. The molecular weight excluding hydrogens is 380 g/mol. The molecule has 0 unspecified atom stereocenters. The Morgan fingerprint density at radius 1 is 1.07 bits per heavy atom. The fourth-order valence-corrected chi connectivity index (χ4v) is 5.03. The van der Waals surface area contributed by atoms with E-state index in [-0.39, 0.29) is 17.2 Å². The van der Waals surface area contributed by atoms with E-state index in [9.17, 15) is 9.59 Å². The van der Waals surface area contributed by atoms with Crippen molar-refractivity contribution in [1.82, 2.24) is 10.2 Å². The Morgan fingerprint density at radius 3 is 2.59 bits per heavy atom. The lowest BCUT2D eigenvalue weighted by Gasteiger charge is -2.24. The third kappa shape index (κ3) is 4.91. The molecule has 1 atom stereocenters. The maximum Gasteiger partial charge on any atom is 0.251 e. The zero-order valence-electron chi connectivity index (χ0n) is 16.5. The van der Waals surface area contributed by atoms with Crippen LogP contribution in [0.4, 0.5) is 0 Å². The predicted molar refractivity (Wildman–Crippen MR) is 118 cm³/mol. The first kappa shape index (κ1) is 19.8. The van der Waals surface area contributed by atoms with Gasteiger partial charge in [-0.3, -0.25) is 9.59 Å². The van der Waals surface area contributed by atoms with Crippen LogP contribution >= 0.6 is 11.8 Å². The Bertz CT molecular complexity index is 893. The number of allylic oxidation sites excluding steroid dienone is 1. The molecule has 4 rings (SSSR count). The number of thioether (sulfide) groups is 1. The van der Waals surface area contributed by atoms with Gasteiger partial charge in [-0.1, -0.05) is 54.1 Å². The molecule has 5 heteroatoms. The van der Waals surface area contributed by atoms with Gasteiger partial charge < -0.3 is 10.2 Å². The second kappa shape index (κ2) is 9.31. The van der Waals surface area contributed by atoms with Crippen molar-refractivity contribution in [3.8, 4) is 0 Å². The monoisotopic (exact) mass is 406 g/mol. The molecule has 2 aliphatic rings. The van der Waals surface area contributed by atoms with E-state index < -0.39 is 0 Å². The van der Waals surface area contributed by atoms with Crippen molar-refractivity contribution < 1.29 is 9.59 Å². The summed E-state index contributed by atoms with van der Waals surface area (Å²) in [6, 6.07) is 17.7. The molecule has 150 valence electrons. The summed E-state index contributed by atoms with van der Waals surface area (Å²) >= 11 is 1.64. The van der Waals surface area contributed by atoms with Crippen LogP contribution < -0.4 is 5.32 Å². The summed E-state index contributed by atoms with van der Waals surface area (Å²) in [7, 11) is 0. The molecule has 1 aliphatic heterocycles. The van der Waals surface area contributed by atoms with Gasteiger partial charge in [0.1, 0.15) is 5.37 Å². The molecule has 2 aromatic rings. The zero-order valence-corrected chi connectivity index (χ0v) is 17.3. The van der Waals surface area contributed by atoms with E-state index in [1.54, 1.807) is 11.8 Å². The number of hydrogen-bond donors (Lipinski definition) is 1. The van der Waals surface area contributed by atoms with E-state index in [1.807, 2.05) is 59.5 Å². The summed E-state index contributed by atoms with van der Waals surface area (Å²) in [5.41, 5.74) is 4.18. The van der Waals surface area contributed by atoms with Gasteiger partial charge >= 0.3 is 0 Å². The minimum Gasteiger partial charge on any atom is -0.348 e. The maximum absolute atomic E-state index is 12.5. The minimum absolute atomic E-state index is 0.00721. The molecule has 0 radical (unpaired) electrons. The number of nitrogens with one attached hydrogen (secondary N) is 1. The average molecular weight is 407 g/mol. The van der Waals surface area contributed by atoms with Crippen LogP contribution in [0.3, 0.4) is 0 Å². The number of carbonyl (C=O) groups excluding carboxylic acids is 2. The summed E-state index contributed by atoms with van der Waals surface area (Å²) < 4.78 is 0. The molecule has 0 aromatic heterocycles. The molecule has 1 saturated heterocycles. The number of benzene rings is 2. The van der Waals surface area contributed by atoms with Gasteiger partial charge in [-0.05, 0) is 48.9 Å². The van der Waals surface area contributed by atoms with E-state index in [0.717, 1.165) is 24.0 Å². The van der Waals surface area contributed by atoms with Crippen LogP contribution in [0.2, 0.25) is 0 Å². The lowest BCUT2D eigenvalue weighted by molar-refractivity contribution is -0.128. The first-order valence-corrected chi connectivity index (χ1v) is 11.3. The molecule has 0 saturated carbocycles. The second-order valence-corrected chi connectivity index (χ2v) is 8.65. The molecule has 0 bridgehead atoms. The SMILES string of the molecule is O=C(NCC1=CCCCC1)c1ccc([C@H]2SCC(=O)N2Cc2ccccc2)cc1. The van der Waals surface area contributed by atoms with Crippen LogP contribution in [0.25, 0.3) is 0 Å². The highest BCUT2D eigenvalue weighted by atomic mass is 32.2. The molecule has 2 aromatic carbocycles. The van der Waals surface area contributed by atoms with Gasteiger partial charge in [-0.15, -0.1) is 11.8 Å². The van der Waals surface area contributed by atoms with E-state index in [0.29, 0.717) is 24.4 Å². The third-order valence-corrected chi connectivity index (χ3v) is 6.74. The summed E-state index contributed by atoms with van der Waals surface area (Å²) in [5, 5.41) is 3.02. The number of amides is 2. The van der Waals surface area contributed by atoms with E-state index in [2.05, 4.69) is 11.4 Å². The molecular formula is C24H26N2O2S. The highest BCUT2D eigenvalue weighted by Crippen LogP contribution is 2.39. The average Bonchev–Trinajstić information content (AvgIpc) is 3.14. The quantitative estimate of drug-likeness (QED) is 0.708. The first-order valence-electron chi connectivity index (χ1n) is 10.2. The van der Waals surface area contributed by atoms with Crippen LogP contribution in [0.5, 0.6) is 0 Å². The van der Waals surface area contributed by atoms with Crippen LogP contribution in [-0.4, -0.2) is 29.0 Å². The number of carbonyl (C=O) groups is 2. The van der Waals surface area contributed by atoms with Crippen molar-refractivity contribution in [2.75, 3.05) is 12.3 Å². The molecule has 1 fully saturated rings. The van der Waals surface area contributed by atoms with Crippen molar-refractivity contribution in [2.45, 2.75) is 37.6 Å². The largest absolute Gasteiger partial charge is 0.348 e. The summed E-state index contributed by atoms with van der Waals surface area (Å²) in [5.74, 6) is 0.611. The predicted octanol–water partition coefficient (Wildman–Crippen LogP) is 4.69. The number of hydrogen-bond acceptors (Lipinski definition) is 3. The van der Waals surface area contributed by atoms with E-state index in [1.165, 1.54) is 18.4 Å². The third-order valence-electron chi connectivity index (χ3n) is 5.48. The van der Waals surface area contributed by atoms with Crippen LogP contribution in [0.1, 0.15) is 52.5 Å².